The molecule has 9 heteroatoms. The Bertz CT molecular complexity index is 1080. The lowest BCUT2D eigenvalue weighted by atomic mass is 10.2. The number of ether oxygens (including phenoxy) is 3. The normalized spacial score (nSPS) is 10.9. The van der Waals surface area contributed by atoms with Crippen LogP contribution < -0.4 is 24.8 Å². The molecule has 3 rings (SSSR count). The van der Waals surface area contributed by atoms with Gasteiger partial charge in [0.15, 0.2) is 0 Å². The molecule has 32 heavy (non-hydrogen) atoms. The molecule has 1 heterocycles. The minimum atomic E-state index is -0.390. The first kappa shape index (κ1) is 22.9. The first-order valence-electron chi connectivity index (χ1n) is 9.60. The lowest BCUT2D eigenvalue weighted by Crippen LogP contribution is -2.36. The molecule has 0 saturated carbocycles. The summed E-state index contributed by atoms with van der Waals surface area (Å²) >= 11 is 6.23. The maximum Gasteiger partial charge on any atom is 0.258 e. The molecule has 0 radical (unpaired) electrons. The van der Waals surface area contributed by atoms with E-state index in [1.54, 1.807) is 48.8 Å². The second-order valence-electron chi connectivity index (χ2n) is 6.56. The summed E-state index contributed by atoms with van der Waals surface area (Å²) in [6.45, 7) is 0.307. The molecule has 0 atom stereocenters. The van der Waals surface area contributed by atoms with Crippen molar-refractivity contribution in [2.24, 2.45) is 4.99 Å². The predicted molar refractivity (Wildman–Crippen MR) is 124 cm³/mol. The van der Waals surface area contributed by atoms with Crippen molar-refractivity contribution in [2.75, 3.05) is 26.6 Å². The number of carbonyl (C=O) groups excluding carboxylic acids is 1. The van der Waals surface area contributed by atoms with Crippen LogP contribution in [-0.4, -0.2) is 38.2 Å². The van der Waals surface area contributed by atoms with Crippen LogP contribution in [0.1, 0.15) is 15.9 Å². The molecule has 0 aliphatic heterocycles. The number of benzene rings is 2. The number of anilines is 1. The van der Waals surface area contributed by atoms with Gasteiger partial charge in [0.05, 0.1) is 32.9 Å². The number of methoxy groups -OCH3 is 3. The van der Waals surface area contributed by atoms with Gasteiger partial charge in [0.1, 0.15) is 17.2 Å². The van der Waals surface area contributed by atoms with Gasteiger partial charge in [-0.1, -0.05) is 17.7 Å². The van der Waals surface area contributed by atoms with Gasteiger partial charge in [-0.05, 0) is 42.0 Å². The highest BCUT2D eigenvalue weighted by Gasteiger charge is 2.13. The predicted octanol–water partition coefficient (Wildman–Crippen LogP) is 4.16. The lowest BCUT2D eigenvalue weighted by molar-refractivity contribution is 0.0976. The number of halogens is 1. The number of pyridine rings is 1. The van der Waals surface area contributed by atoms with Crippen LogP contribution in [0.2, 0.25) is 5.02 Å². The molecule has 0 bridgehead atoms. The highest BCUT2D eigenvalue weighted by molar-refractivity contribution is 6.32. The zero-order valence-electron chi connectivity index (χ0n) is 17.9. The molecule has 2 aromatic carbocycles. The molecule has 0 unspecified atom stereocenters. The smallest absolute Gasteiger partial charge is 0.258 e. The largest absolute Gasteiger partial charge is 0.497 e. The minimum absolute atomic E-state index is 0.238. The summed E-state index contributed by atoms with van der Waals surface area (Å²) in [6.07, 6.45) is 3.39. The Morgan fingerprint density at radius 3 is 2.38 bits per heavy atom. The third-order valence-electron chi connectivity index (χ3n) is 4.40. The molecule has 2 N–H and O–H groups in total. The first-order chi connectivity index (χ1) is 15.5. The van der Waals surface area contributed by atoms with Gasteiger partial charge in [0.25, 0.3) is 5.91 Å². The summed E-state index contributed by atoms with van der Waals surface area (Å²) in [4.78, 5) is 21.6. The molecule has 8 nitrogen and oxygen atoms in total. The van der Waals surface area contributed by atoms with E-state index in [0.717, 1.165) is 5.56 Å². The number of nitrogens with one attached hydrogen (secondary N) is 2. The Kier molecular flexibility index (Phi) is 7.88. The standard InChI is InChI=1S/C23H23ClN4O4/c1-30-18-9-16(10-19(12-18)31-2)22(29)28-23(26-14-15-5-4-8-25-13-15)27-17-6-7-21(32-3)20(24)11-17/h4-13H,14H2,1-3H3,(H2,26,27,28,29). The van der Waals surface area contributed by atoms with E-state index in [-0.39, 0.29) is 11.9 Å². The van der Waals surface area contributed by atoms with Crippen molar-refractivity contribution in [2.45, 2.75) is 6.54 Å². The monoisotopic (exact) mass is 454 g/mol. The van der Waals surface area contributed by atoms with E-state index in [1.807, 2.05) is 12.1 Å². The molecular formula is C23H23ClN4O4. The second kappa shape index (κ2) is 11.0. The van der Waals surface area contributed by atoms with Crippen LogP contribution in [0.15, 0.2) is 65.9 Å². The van der Waals surface area contributed by atoms with Gasteiger partial charge in [-0.15, -0.1) is 0 Å². The third-order valence-corrected chi connectivity index (χ3v) is 4.70. The van der Waals surface area contributed by atoms with Gasteiger partial charge in [-0.25, -0.2) is 4.99 Å². The Labute approximate surface area is 191 Å². The van der Waals surface area contributed by atoms with Crippen LogP contribution in [0.4, 0.5) is 5.69 Å². The molecule has 0 aliphatic rings. The fourth-order valence-electron chi connectivity index (χ4n) is 2.77. The van der Waals surface area contributed by atoms with E-state index in [0.29, 0.717) is 40.1 Å². The van der Waals surface area contributed by atoms with Gasteiger partial charge in [0.2, 0.25) is 5.96 Å². The van der Waals surface area contributed by atoms with Crippen molar-refractivity contribution >= 4 is 29.2 Å². The fourth-order valence-corrected chi connectivity index (χ4v) is 3.03. The van der Waals surface area contributed by atoms with Crippen LogP contribution in [0, 0.1) is 0 Å². The second-order valence-corrected chi connectivity index (χ2v) is 6.96. The maximum atomic E-state index is 13.0. The van der Waals surface area contributed by atoms with Gasteiger partial charge in [-0.2, -0.15) is 0 Å². The minimum Gasteiger partial charge on any atom is -0.497 e. The van der Waals surface area contributed by atoms with Crippen molar-refractivity contribution in [1.29, 1.82) is 0 Å². The zero-order valence-corrected chi connectivity index (χ0v) is 18.6. The molecule has 1 aromatic heterocycles. The average molecular weight is 455 g/mol. The van der Waals surface area contributed by atoms with Gasteiger partial charge in [-0.3, -0.25) is 15.1 Å². The van der Waals surface area contributed by atoms with Crippen molar-refractivity contribution in [3.63, 3.8) is 0 Å². The summed E-state index contributed by atoms with van der Waals surface area (Å²) in [6, 6.07) is 13.8. The topological polar surface area (TPSA) is 94.1 Å². The summed E-state index contributed by atoms with van der Waals surface area (Å²) in [5.41, 5.74) is 1.87. The van der Waals surface area contributed by atoms with Crippen molar-refractivity contribution < 1.29 is 19.0 Å². The van der Waals surface area contributed by atoms with Crippen molar-refractivity contribution in [1.82, 2.24) is 10.3 Å². The van der Waals surface area contributed by atoms with Crippen LogP contribution >= 0.6 is 11.6 Å². The van der Waals surface area contributed by atoms with Crippen LogP contribution in [-0.2, 0) is 6.54 Å². The van der Waals surface area contributed by atoms with E-state index < -0.39 is 0 Å². The summed E-state index contributed by atoms with van der Waals surface area (Å²) in [7, 11) is 4.58. The number of carbonyl (C=O) groups is 1. The summed E-state index contributed by atoms with van der Waals surface area (Å²) < 4.78 is 15.7. The van der Waals surface area contributed by atoms with Crippen molar-refractivity contribution in [3.05, 3.63) is 77.1 Å². The van der Waals surface area contributed by atoms with E-state index in [2.05, 4.69) is 20.6 Å². The molecule has 1 amide bonds. The molecule has 0 aliphatic carbocycles. The molecule has 0 saturated heterocycles. The number of hydrogen-bond acceptors (Lipinski definition) is 6. The average Bonchev–Trinajstić information content (AvgIpc) is 2.82. The number of aromatic nitrogens is 1. The number of guanidine groups is 1. The highest BCUT2D eigenvalue weighted by Crippen LogP contribution is 2.27. The van der Waals surface area contributed by atoms with Gasteiger partial charge < -0.3 is 19.5 Å². The summed E-state index contributed by atoms with van der Waals surface area (Å²) in [5.74, 6) is 1.39. The van der Waals surface area contributed by atoms with E-state index >= 15 is 0 Å². The van der Waals surface area contributed by atoms with E-state index in [1.165, 1.54) is 21.3 Å². The number of hydrogen-bond donors (Lipinski definition) is 2. The Morgan fingerprint density at radius 2 is 1.78 bits per heavy atom. The van der Waals surface area contributed by atoms with Gasteiger partial charge in [0, 0.05) is 29.7 Å². The van der Waals surface area contributed by atoms with E-state index in [4.69, 9.17) is 25.8 Å². The van der Waals surface area contributed by atoms with Crippen LogP contribution in [0.3, 0.4) is 0 Å². The van der Waals surface area contributed by atoms with Crippen LogP contribution in [0.25, 0.3) is 0 Å². The van der Waals surface area contributed by atoms with E-state index in [9.17, 15) is 4.79 Å². The van der Waals surface area contributed by atoms with Gasteiger partial charge >= 0.3 is 0 Å². The highest BCUT2D eigenvalue weighted by atomic mass is 35.5. The molecule has 3 aromatic rings. The number of aliphatic imine (C=N–C) groups is 1. The number of amides is 1. The van der Waals surface area contributed by atoms with Crippen molar-refractivity contribution in [3.8, 4) is 17.2 Å². The lowest BCUT2D eigenvalue weighted by Gasteiger charge is -2.14. The third kappa shape index (κ3) is 6.12. The van der Waals surface area contributed by atoms with Crippen LogP contribution in [0.5, 0.6) is 17.2 Å². The quantitative estimate of drug-likeness (QED) is 0.411. The molecule has 166 valence electrons. The number of nitrogens with zero attached hydrogens (tertiary/aromatic N) is 2. The summed E-state index contributed by atoms with van der Waals surface area (Å²) in [5, 5.41) is 6.32. The first-order valence-corrected chi connectivity index (χ1v) is 9.98. The number of rotatable bonds is 7. The molecular weight excluding hydrogens is 432 g/mol. The maximum absolute atomic E-state index is 13.0. The fraction of sp³-hybridized carbons (Fsp3) is 0.174. The Hall–Kier alpha value is -3.78. The molecule has 0 fully saturated rings. The Morgan fingerprint density at radius 1 is 1.03 bits per heavy atom. The molecule has 0 spiro atoms. The Balaban J connectivity index is 1.86. The zero-order chi connectivity index (χ0) is 22.9. The SMILES string of the molecule is COc1cc(OC)cc(C(=O)NC(=NCc2cccnc2)Nc2ccc(OC)c(Cl)c2)c1.